The van der Waals surface area contributed by atoms with Crippen molar-refractivity contribution in [1.29, 1.82) is 0 Å². The zero-order valence-corrected chi connectivity index (χ0v) is 14.2. The summed E-state index contributed by atoms with van der Waals surface area (Å²) in [7, 11) is 1.62. The molecular weight excluding hydrogens is 320 g/mol. The van der Waals surface area contributed by atoms with Gasteiger partial charge in [0.25, 0.3) is 0 Å². The van der Waals surface area contributed by atoms with Crippen LogP contribution in [-0.2, 0) is 16.0 Å². The van der Waals surface area contributed by atoms with Crippen LogP contribution in [0.1, 0.15) is 39.2 Å². The first-order valence-corrected chi connectivity index (χ1v) is 7.81. The topological polar surface area (TPSA) is 35.5 Å². The van der Waals surface area contributed by atoms with E-state index in [1.165, 1.54) is 0 Å². The molecule has 0 bridgehead atoms. The van der Waals surface area contributed by atoms with Crippen LogP contribution in [0.15, 0.2) is 22.7 Å². The van der Waals surface area contributed by atoms with Gasteiger partial charge in [0.2, 0.25) is 0 Å². The molecule has 1 rings (SSSR count). The minimum Gasteiger partial charge on any atom is -0.497 e. The number of hydrogen-bond acceptors (Lipinski definition) is 3. The first-order chi connectivity index (χ1) is 9.52. The highest BCUT2D eigenvalue weighted by Gasteiger charge is 2.35. The van der Waals surface area contributed by atoms with Gasteiger partial charge in [-0.2, -0.15) is 0 Å². The monoisotopic (exact) mass is 342 g/mol. The molecule has 3 nitrogen and oxygen atoms in total. The number of ketones is 1. The van der Waals surface area contributed by atoms with E-state index in [2.05, 4.69) is 15.9 Å². The van der Waals surface area contributed by atoms with Gasteiger partial charge in [0, 0.05) is 17.5 Å². The molecule has 0 atom stereocenters. The largest absolute Gasteiger partial charge is 0.497 e. The van der Waals surface area contributed by atoms with Crippen LogP contribution in [-0.4, -0.2) is 25.1 Å². The van der Waals surface area contributed by atoms with Crippen LogP contribution in [0.2, 0.25) is 0 Å². The van der Waals surface area contributed by atoms with Gasteiger partial charge in [-0.05, 0) is 43.5 Å². The van der Waals surface area contributed by atoms with E-state index < -0.39 is 5.60 Å². The Hall–Kier alpha value is -0.870. The summed E-state index contributed by atoms with van der Waals surface area (Å²) in [6.07, 6.45) is 1.73. The van der Waals surface area contributed by atoms with E-state index in [9.17, 15) is 4.79 Å². The Labute approximate surface area is 129 Å². The number of carbonyl (C=O) groups is 1. The lowest BCUT2D eigenvalue weighted by molar-refractivity contribution is -0.144. The Morgan fingerprint density at radius 1 is 1.25 bits per heavy atom. The fourth-order valence-electron chi connectivity index (χ4n) is 2.35. The normalized spacial score (nSPS) is 11.4. The first kappa shape index (κ1) is 17.2. The molecule has 0 aliphatic rings. The van der Waals surface area contributed by atoms with Gasteiger partial charge in [0.05, 0.1) is 7.11 Å². The second-order valence-electron chi connectivity index (χ2n) is 4.69. The number of hydrogen-bond donors (Lipinski definition) is 0. The van der Waals surface area contributed by atoms with Crippen molar-refractivity contribution in [2.75, 3.05) is 13.7 Å². The lowest BCUT2D eigenvalue weighted by Crippen LogP contribution is -2.41. The van der Waals surface area contributed by atoms with E-state index in [-0.39, 0.29) is 5.78 Å². The Kier molecular flexibility index (Phi) is 6.69. The summed E-state index contributed by atoms with van der Waals surface area (Å²) in [6.45, 7) is 6.47. The number of benzene rings is 1. The standard InChI is InChI=1S/C16H23BrO3/c1-5-16(6-2,20-7-3)15(18)11-12-10-13(19-4)8-9-14(12)17/h8-10H,5-7,11H2,1-4H3. The third-order valence-electron chi connectivity index (χ3n) is 3.67. The predicted molar refractivity (Wildman–Crippen MR) is 84.3 cm³/mol. The van der Waals surface area contributed by atoms with Crippen LogP contribution < -0.4 is 4.74 Å². The molecule has 0 aromatic heterocycles. The van der Waals surface area contributed by atoms with E-state index in [0.29, 0.717) is 25.9 Å². The molecule has 1 aromatic carbocycles. The number of ether oxygens (including phenoxy) is 2. The Bertz CT molecular complexity index is 453. The number of methoxy groups -OCH3 is 1. The van der Waals surface area contributed by atoms with Crippen molar-refractivity contribution in [3.8, 4) is 5.75 Å². The number of Topliss-reactive ketones (excluding diaryl/α,β-unsaturated/α-hetero) is 1. The number of carbonyl (C=O) groups excluding carboxylic acids is 1. The highest BCUT2D eigenvalue weighted by atomic mass is 79.9. The van der Waals surface area contributed by atoms with Gasteiger partial charge >= 0.3 is 0 Å². The maximum atomic E-state index is 12.7. The Balaban J connectivity index is 2.98. The van der Waals surface area contributed by atoms with Gasteiger partial charge in [0.1, 0.15) is 11.4 Å². The highest BCUT2D eigenvalue weighted by Crippen LogP contribution is 2.28. The zero-order chi connectivity index (χ0) is 15.2. The van der Waals surface area contributed by atoms with E-state index in [0.717, 1.165) is 15.8 Å². The first-order valence-electron chi connectivity index (χ1n) is 7.02. The van der Waals surface area contributed by atoms with Crippen LogP contribution in [0.4, 0.5) is 0 Å². The smallest absolute Gasteiger partial charge is 0.168 e. The van der Waals surface area contributed by atoms with Gasteiger partial charge in [0.15, 0.2) is 5.78 Å². The van der Waals surface area contributed by atoms with Crippen molar-refractivity contribution in [1.82, 2.24) is 0 Å². The summed E-state index contributed by atoms with van der Waals surface area (Å²) in [5, 5.41) is 0. The number of halogens is 1. The molecule has 0 fully saturated rings. The SMILES string of the molecule is CCOC(CC)(CC)C(=O)Cc1cc(OC)ccc1Br. The third kappa shape index (κ3) is 3.83. The molecule has 20 heavy (non-hydrogen) atoms. The molecule has 0 spiro atoms. The second-order valence-corrected chi connectivity index (χ2v) is 5.55. The summed E-state index contributed by atoms with van der Waals surface area (Å²) >= 11 is 3.49. The maximum absolute atomic E-state index is 12.7. The molecule has 4 heteroatoms. The van der Waals surface area contributed by atoms with Crippen LogP contribution >= 0.6 is 15.9 Å². The minimum atomic E-state index is -0.669. The van der Waals surface area contributed by atoms with Crippen molar-refractivity contribution >= 4 is 21.7 Å². The molecule has 0 unspecified atom stereocenters. The molecular formula is C16H23BrO3. The molecule has 0 heterocycles. The van der Waals surface area contributed by atoms with Crippen LogP contribution in [0.25, 0.3) is 0 Å². The molecule has 0 radical (unpaired) electrons. The van der Waals surface area contributed by atoms with E-state index >= 15 is 0 Å². The Morgan fingerprint density at radius 3 is 2.40 bits per heavy atom. The molecule has 0 N–H and O–H groups in total. The van der Waals surface area contributed by atoms with Crippen LogP contribution in [0, 0.1) is 0 Å². The molecule has 0 aliphatic carbocycles. The highest BCUT2D eigenvalue weighted by molar-refractivity contribution is 9.10. The van der Waals surface area contributed by atoms with Gasteiger partial charge in [-0.15, -0.1) is 0 Å². The summed E-state index contributed by atoms with van der Waals surface area (Å²) in [4.78, 5) is 12.7. The quantitative estimate of drug-likeness (QED) is 0.711. The zero-order valence-electron chi connectivity index (χ0n) is 12.7. The average molecular weight is 343 g/mol. The fourth-order valence-corrected chi connectivity index (χ4v) is 2.74. The summed E-state index contributed by atoms with van der Waals surface area (Å²) in [5.74, 6) is 0.879. The predicted octanol–water partition coefficient (Wildman–Crippen LogP) is 4.16. The fraction of sp³-hybridized carbons (Fsp3) is 0.562. The van der Waals surface area contributed by atoms with Gasteiger partial charge in [-0.3, -0.25) is 4.79 Å². The summed E-state index contributed by atoms with van der Waals surface area (Å²) < 4.78 is 11.9. The van der Waals surface area contributed by atoms with Gasteiger partial charge in [-0.25, -0.2) is 0 Å². The van der Waals surface area contributed by atoms with Gasteiger partial charge < -0.3 is 9.47 Å². The van der Waals surface area contributed by atoms with E-state index in [4.69, 9.17) is 9.47 Å². The molecule has 0 aliphatic heterocycles. The Morgan fingerprint density at radius 2 is 1.90 bits per heavy atom. The van der Waals surface area contributed by atoms with Crippen molar-refractivity contribution in [3.05, 3.63) is 28.2 Å². The van der Waals surface area contributed by atoms with Crippen LogP contribution in [0.3, 0.4) is 0 Å². The number of rotatable bonds is 8. The minimum absolute atomic E-state index is 0.123. The second kappa shape index (κ2) is 7.79. The third-order valence-corrected chi connectivity index (χ3v) is 4.45. The van der Waals surface area contributed by atoms with Crippen LogP contribution in [0.5, 0.6) is 5.75 Å². The molecule has 0 amide bonds. The molecule has 0 saturated carbocycles. The molecule has 0 saturated heterocycles. The van der Waals surface area contributed by atoms with Gasteiger partial charge in [-0.1, -0.05) is 29.8 Å². The van der Waals surface area contributed by atoms with E-state index in [1.54, 1.807) is 7.11 Å². The summed E-state index contributed by atoms with van der Waals surface area (Å²) in [5.41, 5.74) is 0.261. The van der Waals surface area contributed by atoms with Crippen molar-refractivity contribution in [2.24, 2.45) is 0 Å². The maximum Gasteiger partial charge on any atom is 0.168 e. The lowest BCUT2D eigenvalue weighted by atomic mass is 9.88. The van der Waals surface area contributed by atoms with Crippen molar-refractivity contribution in [2.45, 2.75) is 45.6 Å². The molecule has 112 valence electrons. The summed E-state index contributed by atoms with van der Waals surface area (Å²) in [6, 6.07) is 5.67. The van der Waals surface area contributed by atoms with Crippen molar-refractivity contribution in [3.63, 3.8) is 0 Å². The van der Waals surface area contributed by atoms with Crippen molar-refractivity contribution < 1.29 is 14.3 Å². The average Bonchev–Trinajstić information content (AvgIpc) is 2.47. The van der Waals surface area contributed by atoms with E-state index in [1.807, 2.05) is 39.0 Å². The lowest BCUT2D eigenvalue weighted by Gasteiger charge is -2.30. The molecule has 1 aromatic rings.